The lowest BCUT2D eigenvalue weighted by Gasteiger charge is -2.40. The van der Waals surface area contributed by atoms with E-state index in [0.29, 0.717) is 11.3 Å². The predicted molar refractivity (Wildman–Crippen MR) is 75.0 cm³/mol. The van der Waals surface area contributed by atoms with E-state index in [2.05, 4.69) is 50.8 Å². The van der Waals surface area contributed by atoms with Gasteiger partial charge in [0.05, 0.1) is 0 Å². The van der Waals surface area contributed by atoms with Crippen molar-refractivity contribution in [1.82, 2.24) is 0 Å². The largest absolute Gasteiger partial charge is 0.0996 e. The fourth-order valence-electron chi connectivity index (χ4n) is 3.22. The van der Waals surface area contributed by atoms with Crippen LogP contribution in [0.2, 0.25) is 0 Å². The van der Waals surface area contributed by atoms with Crippen LogP contribution in [0.4, 0.5) is 0 Å². The molecule has 92 valence electrons. The SMILES string of the molecule is C=C1CCCC(C)(C)C1CCc1ccccc1. The summed E-state index contributed by atoms with van der Waals surface area (Å²) < 4.78 is 0. The average Bonchev–Trinajstić information content (AvgIpc) is 2.29. The molecule has 0 radical (unpaired) electrons. The highest BCUT2D eigenvalue weighted by atomic mass is 14.4. The van der Waals surface area contributed by atoms with Crippen molar-refractivity contribution in [3.8, 4) is 0 Å². The molecule has 0 saturated heterocycles. The van der Waals surface area contributed by atoms with E-state index in [9.17, 15) is 0 Å². The van der Waals surface area contributed by atoms with Gasteiger partial charge >= 0.3 is 0 Å². The molecular weight excluding hydrogens is 204 g/mol. The molecule has 0 aromatic heterocycles. The van der Waals surface area contributed by atoms with Gasteiger partial charge in [-0.25, -0.2) is 0 Å². The summed E-state index contributed by atoms with van der Waals surface area (Å²) in [6.07, 6.45) is 6.37. The highest BCUT2D eigenvalue weighted by Crippen LogP contribution is 2.45. The molecule has 2 rings (SSSR count). The highest BCUT2D eigenvalue weighted by molar-refractivity contribution is 5.16. The minimum Gasteiger partial charge on any atom is -0.0996 e. The maximum Gasteiger partial charge on any atom is -0.0151 e. The molecule has 1 aliphatic rings. The molecule has 1 unspecified atom stereocenters. The monoisotopic (exact) mass is 228 g/mol. The molecule has 0 spiro atoms. The van der Waals surface area contributed by atoms with E-state index in [1.807, 2.05) is 0 Å². The first kappa shape index (κ1) is 12.4. The lowest BCUT2D eigenvalue weighted by molar-refractivity contribution is 0.180. The van der Waals surface area contributed by atoms with Crippen molar-refractivity contribution >= 4 is 0 Å². The minimum atomic E-state index is 0.449. The number of benzene rings is 1. The van der Waals surface area contributed by atoms with E-state index in [1.54, 1.807) is 0 Å². The molecule has 0 amide bonds. The second-order valence-corrected chi connectivity index (χ2v) is 6.08. The van der Waals surface area contributed by atoms with Crippen molar-refractivity contribution in [2.24, 2.45) is 11.3 Å². The van der Waals surface area contributed by atoms with Crippen LogP contribution in [0.1, 0.15) is 45.1 Å². The van der Waals surface area contributed by atoms with Crippen LogP contribution in [0, 0.1) is 11.3 Å². The zero-order valence-electron chi connectivity index (χ0n) is 11.2. The zero-order valence-corrected chi connectivity index (χ0v) is 11.2. The quantitative estimate of drug-likeness (QED) is 0.638. The van der Waals surface area contributed by atoms with Crippen LogP contribution in [-0.4, -0.2) is 0 Å². The summed E-state index contributed by atoms with van der Waals surface area (Å²) >= 11 is 0. The molecule has 17 heavy (non-hydrogen) atoms. The van der Waals surface area contributed by atoms with E-state index in [4.69, 9.17) is 0 Å². The lowest BCUT2D eigenvalue weighted by Crippen LogP contribution is -2.29. The van der Waals surface area contributed by atoms with Gasteiger partial charge in [0.15, 0.2) is 0 Å². The summed E-state index contributed by atoms with van der Waals surface area (Å²) in [5.74, 6) is 0.705. The van der Waals surface area contributed by atoms with Crippen molar-refractivity contribution in [3.63, 3.8) is 0 Å². The molecule has 1 aliphatic carbocycles. The molecule has 0 bridgehead atoms. The Kier molecular flexibility index (Phi) is 3.71. The predicted octanol–water partition coefficient (Wildman–Crippen LogP) is 5.00. The molecule has 0 heterocycles. The third kappa shape index (κ3) is 3.00. The molecule has 0 N–H and O–H groups in total. The average molecular weight is 228 g/mol. The molecule has 1 aromatic carbocycles. The molecule has 1 saturated carbocycles. The van der Waals surface area contributed by atoms with Crippen LogP contribution in [0.15, 0.2) is 42.5 Å². The Bertz CT molecular complexity index is 372. The second-order valence-electron chi connectivity index (χ2n) is 6.08. The summed E-state index contributed by atoms with van der Waals surface area (Å²) in [4.78, 5) is 0. The third-order valence-electron chi connectivity index (χ3n) is 4.32. The standard InChI is InChI=1S/C17H24/c1-14-8-7-13-17(2,3)16(14)12-11-15-9-5-4-6-10-15/h4-6,9-10,16H,1,7-8,11-13H2,2-3H3. The van der Waals surface area contributed by atoms with Crippen LogP contribution < -0.4 is 0 Å². The van der Waals surface area contributed by atoms with Crippen molar-refractivity contribution in [1.29, 1.82) is 0 Å². The second kappa shape index (κ2) is 5.08. The maximum atomic E-state index is 4.30. The van der Waals surface area contributed by atoms with Gasteiger partial charge in [0.1, 0.15) is 0 Å². The number of hydrogen-bond acceptors (Lipinski definition) is 0. The van der Waals surface area contributed by atoms with E-state index >= 15 is 0 Å². The molecule has 0 heteroatoms. The third-order valence-corrected chi connectivity index (χ3v) is 4.32. The Hall–Kier alpha value is -1.04. The van der Waals surface area contributed by atoms with Gasteiger partial charge in [0.25, 0.3) is 0 Å². The van der Waals surface area contributed by atoms with Crippen LogP contribution in [-0.2, 0) is 6.42 Å². The van der Waals surface area contributed by atoms with E-state index < -0.39 is 0 Å². The van der Waals surface area contributed by atoms with Gasteiger partial charge in [0, 0.05) is 0 Å². The number of allylic oxidation sites excluding steroid dienone is 1. The van der Waals surface area contributed by atoms with Crippen molar-refractivity contribution in [3.05, 3.63) is 48.0 Å². The summed E-state index contributed by atoms with van der Waals surface area (Å²) in [6, 6.07) is 10.8. The smallest absolute Gasteiger partial charge is 0.0151 e. The molecular formula is C17H24. The number of rotatable bonds is 3. The molecule has 0 aliphatic heterocycles. The fraction of sp³-hybridized carbons (Fsp3) is 0.529. The first-order valence-corrected chi connectivity index (χ1v) is 6.81. The van der Waals surface area contributed by atoms with Gasteiger partial charge in [-0.2, -0.15) is 0 Å². The van der Waals surface area contributed by atoms with Gasteiger partial charge in [-0.05, 0) is 49.0 Å². The van der Waals surface area contributed by atoms with Gasteiger partial charge < -0.3 is 0 Å². The first-order valence-electron chi connectivity index (χ1n) is 6.81. The Labute approximate surface area is 106 Å². The van der Waals surface area contributed by atoms with Crippen molar-refractivity contribution in [2.75, 3.05) is 0 Å². The summed E-state index contributed by atoms with van der Waals surface area (Å²) in [5.41, 5.74) is 3.39. The Balaban J connectivity index is 1.99. The summed E-state index contributed by atoms with van der Waals surface area (Å²) in [5, 5.41) is 0. The van der Waals surface area contributed by atoms with E-state index in [0.717, 1.165) is 0 Å². The Morgan fingerprint density at radius 1 is 1.24 bits per heavy atom. The molecule has 0 nitrogen and oxygen atoms in total. The minimum absolute atomic E-state index is 0.449. The van der Waals surface area contributed by atoms with Crippen LogP contribution in [0.25, 0.3) is 0 Å². The first-order chi connectivity index (χ1) is 8.09. The van der Waals surface area contributed by atoms with Crippen molar-refractivity contribution in [2.45, 2.75) is 46.0 Å². The van der Waals surface area contributed by atoms with E-state index in [-0.39, 0.29) is 0 Å². The van der Waals surface area contributed by atoms with Gasteiger partial charge in [-0.3, -0.25) is 0 Å². The summed E-state index contributed by atoms with van der Waals surface area (Å²) in [6.45, 7) is 9.12. The topological polar surface area (TPSA) is 0 Å². The normalized spacial score (nSPS) is 23.6. The lowest BCUT2D eigenvalue weighted by atomic mass is 9.65. The van der Waals surface area contributed by atoms with Crippen molar-refractivity contribution < 1.29 is 0 Å². The van der Waals surface area contributed by atoms with Gasteiger partial charge in [-0.15, -0.1) is 0 Å². The fourth-order valence-corrected chi connectivity index (χ4v) is 3.22. The molecule has 1 aromatic rings. The van der Waals surface area contributed by atoms with Gasteiger partial charge in [-0.1, -0.05) is 56.3 Å². The van der Waals surface area contributed by atoms with E-state index in [1.165, 1.54) is 43.2 Å². The van der Waals surface area contributed by atoms with Crippen LogP contribution in [0.3, 0.4) is 0 Å². The zero-order chi connectivity index (χ0) is 12.3. The van der Waals surface area contributed by atoms with Crippen LogP contribution >= 0.6 is 0 Å². The van der Waals surface area contributed by atoms with Crippen LogP contribution in [0.5, 0.6) is 0 Å². The number of hydrogen-bond donors (Lipinski definition) is 0. The maximum absolute atomic E-state index is 4.30. The van der Waals surface area contributed by atoms with Gasteiger partial charge in [0.2, 0.25) is 0 Å². The Morgan fingerprint density at radius 2 is 1.94 bits per heavy atom. The summed E-state index contributed by atoms with van der Waals surface area (Å²) in [7, 11) is 0. The highest BCUT2D eigenvalue weighted by Gasteiger charge is 2.33. The Morgan fingerprint density at radius 3 is 2.59 bits per heavy atom. The molecule has 1 fully saturated rings. The molecule has 1 atom stereocenters. The number of aryl methyl sites for hydroxylation is 1.